The van der Waals surface area contributed by atoms with Crippen LogP contribution in [0, 0.1) is 5.92 Å². The number of anilines is 1. The van der Waals surface area contributed by atoms with Gasteiger partial charge in [-0.2, -0.15) is 0 Å². The molecule has 0 saturated carbocycles. The van der Waals surface area contributed by atoms with Gasteiger partial charge in [0.15, 0.2) is 0 Å². The standard InChI is InChI=1S/C21H27N3O2/c1-16(2)13-18-14-17(15-20(25)22-18)21(26)24-10-6-9-23(11-12-24)19-7-4-3-5-8-19/h3-5,7-8,14-16H,6,9-13H2,1-2H3,(H,22,25). The first kappa shape index (κ1) is 18.2. The fraction of sp³-hybridized carbons (Fsp3) is 0.429. The second-order valence-corrected chi connectivity index (χ2v) is 7.32. The van der Waals surface area contributed by atoms with Crippen LogP contribution in [0.5, 0.6) is 0 Å². The number of hydrogen-bond acceptors (Lipinski definition) is 3. The molecular formula is C21H27N3O2. The minimum atomic E-state index is -0.202. The van der Waals surface area contributed by atoms with Crippen molar-refractivity contribution in [2.24, 2.45) is 5.92 Å². The van der Waals surface area contributed by atoms with E-state index in [4.69, 9.17) is 0 Å². The van der Waals surface area contributed by atoms with Crippen LogP contribution in [0.1, 0.15) is 36.3 Å². The third-order valence-electron chi connectivity index (χ3n) is 4.68. The second kappa shape index (κ2) is 8.21. The summed E-state index contributed by atoms with van der Waals surface area (Å²) in [5.74, 6) is 0.379. The van der Waals surface area contributed by atoms with E-state index in [1.165, 1.54) is 11.8 Å². The average molecular weight is 353 g/mol. The molecule has 138 valence electrons. The Morgan fingerprint density at radius 1 is 1.08 bits per heavy atom. The molecule has 0 spiro atoms. The zero-order chi connectivity index (χ0) is 18.5. The monoisotopic (exact) mass is 353 g/mol. The molecule has 1 aliphatic heterocycles. The Morgan fingerprint density at radius 2 is 1.85 bits per heavy atom. The summed E-state index contributed by atoms with van der Waals surface area (Å²) in [6.07, 6.45) is 1.68. The third-order valence-corrected chi connectivity index (χ3v) is 4.68. The first-order chi connectivity index (χ1) is 12.5. The summed E-state index contributed by atoms with van der Waals surface area (Å²) in [5.41, 5.74) is 2.32. The second-order valence-electron chi connectivity index (χ2n) is 7.32. The molecule has 26 heavy (non-hydrogen) atoms. The highest BCUT2D eigenvalue weighted by atomic mass is 16.2. The Morgan fingerprint density at radius 3 is 2.58 bits per heavy atom. The van der Waals surface area contributed by atoms with E-state index in [1.54, 1.807) is 0 Å². The summed E-state index contributed by atoms with van der Waals surface area (Å²) in [6.45, 7) is 7.31. The van der Waals surface area contributed by atoms with Crippen molar-refractivity contribution in [2.75, 3.05) is 31.1 Å². The van der Waals surface area contributed by atoms with Crippen molar-refractivity contribution in [3.8, 4) is 0 Å². The normalized spacial score (nSPS) is 15.2. The molecule has 0 aliphatic carbocycles. The number of H-pyrrole nitrogens is 1. The maximum Gasteiger partial charge on any atom is 0.254 e. The molecule has 0 radical (unpaired) electrons. The lowest BCUT2D eigenvalue weighted by molar-refractivity contribution is 0.0766. The number of nitrogens with zero attached hydrogens (tertiary/aromatic N) is 2. The number of hydrogen-bond donors (Lipinski definition) is 1. The zero-order valence-electron chi connectivity index (χ0n) is 15.6. The van der Waals surface area contributed by atoms with E-state index in [1.807, 2.05) is 29.2 Å². The van der Waals surface area contributed by atoms with Gasteiger partial charge >= 0.3 is 0 Å². The summed E-state index contributed by atoms with van der Waals surface area (Å²) in [6, 6.07) is 13.6. The highest BCUT2D eigenvalue weighted by Crippen LogP contribution is 2.17. The van der Waals surface area contributed by atoms with Crippen molar-refractivity contribution in [3.63, 3.8) is 0 Å². The molecular weight excluding hydrogens is 326 g/mol. The van der Waals surface area contributed by atoms with Crippen molar-refractivity contribution in [3.05, 3.63) is 64.1 Å². The molecule has 2 aromatic rings. The SMILES string of the molecule is CC(C)Cc1cc(C(=O)N2CCCN(c3ccccc3)CC2)cc(=O)[nH]1. The molecule has 0 atom stereocenters. The Balaban J connectivity index is 1.72. The maximum absolute atomic E-state index is 12.9. The zero-order valence-corrected chi connectivity index (χ0v) is 15.6. The van der Waals surface area contributed by atoms with E-state index in [0.29, 0.717) is 24.6 Å². The molecule has 1 aromatic heterocycles. The smallest absolute Gasteiger partial charge is 0.254 e. The van der Waals surface area contributed by atoms with Gasteiger partial charge in [-0.05, 0) is 37.0 Å². The van der Waals surface area contributed by atoms with Gasteiger partial charge in [0.25, 0.3) is 5.91 Å². The van der Waals surface area contributed by atoms with Crippen LogP contribution < -0.4 is 10.5 Å². The maximum atomic E-state index is 12.9. The fourth-order valence-electron chi connectivity index (χ4n) is 3.47. The number of aromatic amines is 1. The van der Waals surface area contributed by atoms with Crippen LogP contribution in [-0.2, 0) is 6.42 Å². The van der Waals surface area contributed by atoms with E-state index in [0.717, 1.165) is 31.6 Å². The van der Waals surface area contributed by atoms with Gasteiger partial charge in [-0.15, -0.1) is 0 Å². The average Bonchev–Trinajstić information content (AvgIpc) is 2.87. The number of nitrogens with one attached hydrogen (secondary N) is 1. The molecule has 0 unspecified atom stereocenters. The number of aromatic nitrogens is 1. The van der Waals surface area contributed by atoms with E-state index in [2.05, 4.69) is 35.9 Å². The molecule has 2 heterocycles. The minimum absolute atomic E-state index is 0.0454. The van der Waals surface area contributed by atoms with Crippen LogP contribution in [0.4, 0.5) is 5.69 Å². The highest BCUT2D eigenvalue weighted by Gasteiger charge is 2.21. The Kier molecular flexibility index (Phi) is 5.76. The van der Waals surface area contributed by atoms with Gasteiger partial charge in [-0.3, -0.25) is 9.59 Å². The minimum Gasteiger partial charge on any atom is -0.370 e. The summed E-state index contributed by atoms with van der Waals surface area (Å²) in [4.78, 5) is 31.9. The van der Waals surface area contributed by atoms with Gasteiger partial charge in [-0.25, -0.2) is 0 Å². The lowest BCUT2D eigenvalue weighted by Gasteiger charge is -2.23. The molecule has 1 amide bonds. The van der Waals surface area contributed by atoms with Gasteiger partial charge in [0, 0.05) is 49.2 Å². The number of carbonyl (C=O) groups excluding carboxylic acids is 1. The number of benzene rings is 1. The fourth-order valence-corrected chi connectivity index (χ4v) is 3.47. The van der Waals surface area contributed by atoms with Crippen molar-refractivity contribution in [1.82, 2.24) is 9.88 Å². The van der Waals surface area contributed by atoms with Crippen LogP contribution in [0.2, 0.25) is 0 Å². The van der Waals surface area contributed by atoms with E-state index in [-0.39, 0.29) is 11.5 Å². The molecule has 1 fully saturated rings. The van der Waals surface area contributed by atoms with Gasteiger partial charge in [-0.1, -0.05) is 32.0 Å². The predicted octanol–water partition coefficient (Wildman–Crippen LogP) is 2.93. The summed E-state index contributed by atoms with van der Waals surface area (Å²) in [5, 5.41) is 0. The quantitative estimate of drug-likeness (QED) is 0.919. The summed E-state index contributed by atoms with van der Waals surface area (Å²) >= 11 is 0. The van der Waals surface area contributed by atoms with E-state index >= 15 is 0 Å². The first-order valence-electron chi connectivity index (χ1n) is 9.35. The molecule has 1 N–H and O–H groups in total. The number of carbonyl (C=O) groups is 1. The molecule has 5 heteroatoms. The Labute approximate surface area is 154 Å². The molecule has 1 saturated heterocycles. The van der Waals surface area contributed by atoms with Crippen LogP contribution >= 0.6 is 0 Å². The Hall–Kier alpha value is -2.56. The molecule has 3 rings (SSSR count). The highest BCUT2D eigenvalue weighted by molar-refractivity contribution is 5.94. The third kappa shape index (κ3) is 4.54. The van der Waals surface area contributed by atoms with Crippen LogP contribution in [0.15, 0.2) is 47.3 Å². The van der Waals surface area contributed by atoms with Crippen molar-refractivity contribution in [2.45, 2.75) is 26.7 Å². The number of pyridine rings is 1. The lowest BCUT2D eigenvalue weighted by Crippen LogP contribution is -2.35. The number of amides is 1. The van der Waals surface area contributed by atoms with Gasteiger partial charge in [0.1, 0.15) is 0 Å². The number of para-hydroxylation sites is 1. The van der Waals surface area contributed by atoms with Crippen LogP contribution in [0.3, 0.4) is 0 Å². The van der Waals surface area contributed by atoms with Gasteiger partial charge < -0.3 is 14.8 Å². The van der Waals surface area contributed by atoms with Gasteiger partial charge in [0.2, 0.25) is 5.56 Å². The molecule has 1 aliphatic rings. The van der Waals surface area contributed by atoms with Crippen molar-refractivity contribution < 1.29 is 4.79 Å². The molecule has 5 nitrogen and oxygen atoms in total. The lowest BCUT2D eigenvalue weighted by atomic mass is 10.1. The Bertz CT molecular complexity index is 798. The molecule has 1 aromatic carbocycles. The largest absolute Gasteiger partial charge is 0.370 e. The molecule has 0 bridgehead atoms. The van der Waals surface area contributed by atoms with E-state index in [9.17, 15) is 9.59 Å². The van der Waals surface area contributed by atoms with Crippen molar-refractivity contribution >= 4 is 11.6 Å². The number of rotatable bonds is 4. The summed E-state index contributed by atoms with van der Waals surface area (Å²) in [7, 11) is 0. The predicted molar refractivity (Wildman–Crippen MR) is 105 cm³/mol. The first-order valence-corrected chi connectivity index (χ1v) is 9.35. The van der Waals surface area contributed by atoms with Gasteiger partial charge in [0.05, 0.1) is 0 Å². The topological polar surface area (TPSA) is 56.4 Å². The van der Waals surface area contributed by atoms with E-state index < -0.39 is 0 Å². The van der Waals surface area contributed by atoms with Crippen molar-refractivity contribution in [1.29, 1.82) is 0 Å². The van der Waals surface area contributed by atoms with Crippen LogP contribution in [0.25, 0.3) is 0 Å². The van der Waals surface area contributed by atoms with Crippen LogP contribution in [-0.4, -0.2) is 42.0 Å². The summed E-state index contributed by atoms with van der Waals surface area (Å²) < 4.78 is 0.